The fraction of sp³-hybridized carbons (Fsp3) is 0.520. The van der Waals surface area contributed by atoms with Crippen molar-refractivity contribution in [1.29, 1.82) is 0 Å². The van der Waals surface area contributed by atoms with Crippen LogP contribution in [0.5, 0.6) is 11.8 Å². The van der Waals surface area contributed by atoms with Crippen molar-refractivity contribution < 1.29 is 13.9 Å². The third kappa shape index (κ3) is 10.1. The van der Waals surface area contributed by atoms with E-state index in [9.17, 15) is 0 Å². The molecule has 0 saturated carbocycles. The lowest BCUT2D eigenvalue weighted by Crippen LogP contribution is -2.41. The Balaban J connectivity index is 0.000000237. The lowest BCUT2D eigenvalue weighted by molar-refractivity contribution is 0.260. The van der Waals surface area contributed by atoms with Gasteiger partial charge in [-0.25, -0.2) is 19.9 Å². The minimum atomic E-state index is -1.81. The number of hydrogen-bond acceptors (Lipinski definition) is 7. The topological polar surface area (TPSA) is 89.1 Å². The van der Waals surface area contributed by atoms with E-state index in [2.05, 4.69) is 182 Å². The second kappa shape index (κ2) is 19.5. The molecule has 6 aromatic rings. The molecule has 11 heteroatoms. The number of pyridine rings is 4. The maximum absolute atomic E-state index is 6.63. The van der Waals surface area contributed by atoms with Crippen molar-refractivity contribution in [2.75, 3.05) is 20.8 Å². The number of hydrogen-bond donors (Lipinski definition) is 0. The normalized spacial score (nSPS) is 12.8. The van der Waals surface area contributed by atoms with E-state index < -0.39 is 8.32 Å². The first-order valence-electron chi connectivity index (χ1n) is 22.1. The number of nitrogens with zero attached hydrogens (tertiary/aromatic N) is 6. The molecule has 1 unspecified atom stereocenters. The first kappa shape index (κ1) is 48.0. The van der Waals surface area contributed by atoms with Crippen LogP contribution in [0.25, 0.3) is 44.6 Å². The predicted octanol–water partition coefficient (Wildman–Crippen LogP) is 14.0. The van der Waals surface area contributed by atoms with Crippen LogP contribution >= 0.6 is 15.9 Å². The van der Waals surface area contributed by atoms with Gasteiger partial charge in [0, 0.05) is 65.6 Å². The highest BCUT2D eigenvalue weighted by molar-refractivity contribution is 9.10. The van der Waals surface area contributed by atoms with Crippen molar-refractivity contribution in [3.63, 3.8) is 0 Å². The number of aryl methyl sites for hydroxylation is 3. The molecule has 0 aliphatic carbocycles. The molecule has 0 amide bonds. The van der Waals surface area contributed by atoms with Crippen molar-refractivity contribution >= 4 is 46.3 Å². The average Bonchev–Trinajstić information content (AvgIpc) is 3.70. The van der Waals surface area contributed by atoms with Gasteiger partial charge in [0.2, 0.25) is 11.8 Å². The minimum Gasteiger partial charge on any atom is -0.480 e. The molecule has 0 aliphatic heterocycles. The highest BCUT2D eigenvalue weighted by Gasteiger charge is 2.38. The SMILES string of the molecule is CCC(CC)c1cn(C)c2nc(-c3ccc(C(C)C)nc3OC)c(Br)cc12.CCC(CO[Si](C)(C)C(C)(C)C)c1cn(C)c2nc(-c3ccc(C(C)C)nc3OC)c(C)cc12. The third-order valence-corrected chi connectivity index (χ3v) is 17.9. The van der Waals surface area contributed by atoms with Gasteiger partial charge in [-0.15, -0.1) is 0 Å². The second-order valence-corrected chi connectivity index (χ2v) is 24.4. The third-order valence-electron chi connectivity index (χ3n) is 12.8. The summed E-state index contributed by atoms with van der Waals surface area (Å²) in [4.78, 5) is 19.5. The van der Waals surface area contributed by atoms with Crippen LogP contribution in [0.1, 0.15) is 140 Å². The molecule has 0 saturated heterocycles. The Hall–Kier alpha value is -4.06. The molecule has 6 rings (SSSR count). The van der Waals surface area contributed by atoms with Gasteiger partial charge in [0.1, 0.15) is 11.3 Å². The zero-order chi connectivity index (χ0) is 45.1. The highest BCUT2D eigenvalue weighted by Crippen LogP contribution is 2.41. The largest absolute Gasteiger partial charge is 0.480 e. The van der Waals surface area contributed by atoms with Crippen LogP contribution in [-0.4, -0.2) is 58.2 Å². The fourth-order valence-corrected chi connectivity index (χ4v) is 9.32. The summed E-state index contributed by atoms with van der Waals surface area (Å²) in [6.45, 7) is 29.7. The zero-order valence-electron chi connectivity index (χ0n) is 40.0. The number of rotatable bonds is 14. The molecule has 1 atom stereocenters. The molecule has 0 fully saturated rings. The first-order chi connectivity index (χ1) is 28.7. The summed E-state index contributed by atoms with van der Waals surface area (Å²) in [5.74, 6) is 2.82. The van der Waals surface area contributed by atoms with E-state index >= 15 is 0 Å². The molecule has 9 nitrogen and oxygen atoms in total. The maximum atomic E-state index is 6.63. The molecular formula is C50H71BrN6O3Si. The van der Waals surface area contributed by atoms with E-state index in [4.69, 9.17) is 28.9 Å². The van der Waals surface area contributed by atoms with Crippen LogP contribution in [0.2, 0.25) is 18.1 Å². The van der Waals surface area contributed by atoms with Gasteiger partial charge in [-0.3, -0.25) is 0 Å². The average molecular weight is 912 g/mol. The van der Waals surface area contributed by atoms with Crippen molar-refractivity contribution in [1.82, 2.24) is 29.1 Å². The van der Waals surface area contributed by atoms with E-state index in [1.54, 1.807) is 14.2 Å². The lowest BCUT2D eigenvalue weighted by atomic mass is 9.94. The second-order valence-electron chi connectivity index (χ2n) is 18.7. The van der Waals surface area contributed by atoms with Crippen molar-refractivity contribution in [3.05, 3.63) is 81.3 Å². The van der Waals surface area contributed by atoms with E-state index in [1.165, 1.54) is 21.9 Å². The Bertz CT molecular complexity index is 2460. The Morgan fingerprint density at radius 3 is 1.56 bits per heavy atom. The molecule has 6 heterocycles. The zero-order valence-corrected chi connectivity index (χ0v) is 42.6. The number of fused-ring (bicyclic) bond motifs is 2. The Kier molecular flexibility index (Phi) is 15.4. The monoisotopic (exact) mass is 910 g/mol. The van der Waals surface area contributed by atoms with Gasteiger partial charge < -0.3 is 23.0 Å². The van der Waals surface area contributed by atoms with E-state index in [-0.39, 0.29) is 5.04 Å². The summed E-state index contributed by atoms with van der Waals surface area (Å²) in [7, 11) is 5.68. The van der Waals surface area contributed by atoms with Crippen LogP contribution in [0.4, 0.5) is 0 Å². The predicted molar refractivity (Wildman–Crippen MR) is 261 cm³/mol. The molecule has 61 heavy (non-hydrogen) atoms. The van der Waals surface area contributed by atoms with Crippen LogP contribution < -0.4 is 9.47 Å². The molecule has 0 radical (unpaired) electrons. The van der Waals surface area contributed by atoms with Gasteiger partial charge in [0.25, 0.3) is 0 Å². The Morgan fingerprint density at radius 1 is 0.672 bits per heavy atom. The molecule has 0 spiro atoms. The van der Waals surface area contributed by atoms with Crippen LogP contribution in [-0.2, 0) is 18.5 Å². The standard InChI is InChI=1S/C28H43N3O2Si.C22H28BrN3O/c1-12-20(17-33-34(10,11)28(5,6)7)23-16-31(8)26-22(23)15-19(4)25(30-26)21-13-14-24(18(2)3)29-27(21)32-9;1-7-14(8-2)17-12-26(5)21-16(17)11-18(23)20(25-21)15-9-10-19(13(3)4)24-22(15)27-6/h13-16,18,20H,12,17H2,1-11H3;9-14H,7-8H2,1-6H3. The van der Waals surface area contributed by atoms with E-state index in [0.717, 1.165) is 81.1 Å². The van der Waals surface area contributed by atoms with Gasteiger partial charge in [-0.1, -0.05) is 69.2 Å². The van der Waals surface area contributed by atoms with Crippen molar-refractivity contribution in [2.45, 2.75) is 137 Å². The smallest absolute Gasteiger partial charge is 0.222 e. The van der Waals surface area contributed by atoms with Crippen molar-refractivity contribution in [2.24, 2.45) is 14.1 Å². The number of ether oxygens (including phenoxy) is 2. The summed E-state index contributed by atoms with van der Waals surface area (Å²) < 4.78 is 23.1. The number of methoxy groups -OCH3 is 2. The molecule has 0 N–H and O–H groups in total. The summed E-state index contributed by atoms with van der Waals surface area (Å²) in [6.07, 6.45) is 7.75. The first-order valence-corrected chi connectivity index (χ1v) is 25.8. The molecular weight excluding hydrogens is 841 g/mol. The maximum Gasteiger partial charge on any atom is 0.222 e. The molecule has 0 aromatic carbocycles. The molecule has 0 aliphatic rings. The van der Waals surface area contributed by atoms with Crippen LogP contribution in [0, 0.1) is 6.92 Å². The number of aromatic nitrogens is 6. The minimum absolute atomic E-state index is 0.204. The summed E-state index contributed by atoms with van der Waals surface area (Å²) in [5, 5.41) is 2.63. The fourth-order valence-electron chi connectivity index (χ4n) is 7.74. The summed E-state index contributed by atoms with van der Waals surface area (Å²) in [6, 6.07) is 12.8. The quantitative estimate of drug-likeness (QED) is 0.101. The molecule has 0 bridgehead atoms. The molecule has 330 valence electrons. The Labute approximate surface area is 375 Å². The molecule has 6 aromatic heterocycles. The van der Waals surface area contributed by atoms with Crippen LogP contribution in [0.3, 0.4) is 0 Å². The van der Waals surface area contributed by atoms with Gasteiger partial charge in [0.15, 0.2) is 8.32 Å². The Morgan fingerprint density at radius 2 is 1.11 bits per heavy atom. The van der Waals surface area contributed by atoms with Gasteiger partial charge in [-0.05, 0) is 131 Å². The van der Waals surface area contributed by atoms with Gasteiger partial charge in [0.05, 0.1) is 36.7 Å². The lowest BCUT2D eigenvalue weighted by Gasteiger charge is -2.37. The van der Waals surface area contributed by atoms with E-state index in [1.807, 2.05) is 0 Å². The van der Waals surface area contributed by atoms with Gasteiger partial charge >= 0.3 is 0 Å². The van der Waals surface area contributed by atoms with Crippen LogP contribution in [0.15, 0.2) is 53.3 Å². The van der Waals surface area contributed by atoms with Gasteiger partial charge in [-0.2, -0.15) is 0 Å². The van der Waals surface area contributed by atoms with E-state index in [0.29, 0.717) is 35.4 Å². The number of halogens is 1. The van der Waals surface area contributed by atoms with Crippen molar-refractivity contribution in [3.8, 4) is 34.3 Å². The summed E-state index contributed by atoms with van der Waals surface area (Å²) >= 11 is 3.75. The summed E-state index contributed by atoms with van der Waals surface area (Å²) in [5.41, 5.74) is 11.4. The highest BCUT2D eigenvalue weighted by atomic mass is 79.9.